The van der Waals surface area contributed by atoms with E-state index in [1.807, 2.05) is 24.3 Å². The first-order valence-electron chi connectivity index (χ1n) is 10.1. The molecule has 0 spiro atoms. The largest absolute Gasteiger partial charge is 0.494 e. The van der Waals surface area contributed by atoms with Crippen molar-refractivity contribution in [3.63, 3.8) is 0 Å². The molecule has 8 nitrogen and oxygen atoms in total. The number of piperazine rings is 1. The third-order valence-electron chi connectivity index (χ3n) is 5.59. The highest BCUT2D eigenvalue weighted by molar-refractivity contribution is 6.05. The Morgan fingerprint density at radius 3 is 2.48 bits per heavy atom. The number of aromatic hydroxyl groups is 1. The van der Waals surface area contributed by atoms with E-state index >= 15 is 0 Å². The lowest BCUT2D eigenvalue weighted by molar-refractivity contribution is 0.0963. The number of nitrogens with one attached hydrogen (secondary N) is 2. The SMILES string of the molecule is CNC(=O)c1ccc2c(=O)[nH]c(O)c(C=Nc3ccc(N4CCN(C)CC4)cc3)c2c1. The maximum Gasteiger partial charge on any atom is 0.258 e. The summed E-state index contributed by atoms with van der Waals surface area (Å²) in [5.41, 5.74) is 2.19. The lowest BCUT2D eigenvalue weighted by atomic mass is 10.0. The lowest BCUT2D eigenvalue weighted by Gasteiger charge is -2.34. The number of anilines is 1. The fourth-order valence-corrected chi connectivity index (χ4v) is 3.70. The van der Waals surface area contributed by atoms with E-state index in [0.29, 0.717) is 21.9 Å². The van der Waals surface area contributed by atoms with Gasteiger partial charge in [0.15, 0.2) is 0 Å². The zero-order valence-corrected chi connectivity index (χ0v) is 17.6. The summed E-state index contributed by atoms with van der Waals surface area (Å²) in [7, 11) is 3.67. The standard InChI is InChI=1S/C23H25N5O3/c1-24-21(29)15-3-8-18-19(13-15)20(23(31)26-22(18)30)14-25-16-4-6-17(7-5-16)28-11-9-27(2)10-12-28/h3-8,13-14H,9-12H2,1-2H3,(H,24,29)(H2,26,30,31). The molecule has 2 heterocycles. The molecule has 1 saturated heterocycles. The van der Waals surface area contributed by atoms with Gasteiger partial charge in [-0.3, -0.25) is 19.6 Å². The third-order valence-corrected chi connectivity index (χ3v) is 5.59. The minimum absolute atomic E-state index is 0.274. The molecule has 0 unspecified atom stereocenters. The van der Waals surface area contributed by atoms with Crippen molar-refractivity contribution in [2.45, 2.75) is 0 Å². The monoisotopic (exact) mass is 419 g/mol. The predicted molar refractivity (Wildman–Crippen MR) is 123 cm³/mol. The Bertz CT molecular complexity index is 1190. The highest BCUT2D eigenvalue weighted by Gasteiger charge is 2.14. The Balaban J connectivity index is 1.64. The molecule has 0 saturated carbocycles. The van der Waals surface area contributed by atoms with E-state index in [1.165, 1.54) is 13.3 Å². The van der Waals surface area contributed by atoms with E-state index in [9.17, 15) is 14.7 Å². The molecule has 8 heteroatoms. The normalized spacial score (nSPS) is 15.0. The Morgan fingerprint density at radius 2 is 1.81 bits per heavy atom. The molecule has 0 atom stereocenters. The molecule has 31 heavy (non-hydrogen) atoms. The first kappa shape index (κ1) is 20.6. The summed E-state index contributed by atoms with van der Waals surface area (Å²) in [6.07, 6.45) is 1.51. The van der Waals surface area contributed by atoms with Crippen LogP contribution >= 0.6 is 0 Å². The summed E-state index contributed by atoms with van der Waals surface area (Å²) in [6.45, 7) is 4.06. The maximum absolute atomic E-state index is 12.2. The first-order valence-corrected chi connectivity index (χ1v) is 10.1. The van der Waals surface area contributed by atoms with Crippen LogP contribution in [0, 0.1) is 0 Å². The van der Waals surface area contributed by atoms with Gasteiger partial charge in [-0.25, -0.2) is 0 Å². The zero-order valence-electron chi connectivity index (χ0n) is 17.6. The van der Waals surface area contributed by atoms with Crippen LogP contribution in [0.3, 0.4) is 0 Å². The van der Waals surface area contributed by atoms with Crippen LogP contribution < -0.4 is 15.8 Å². The number of benzene rings is 2. The van der Waals surface area contributed by atoms with E-state index in [4.69, 9.17) is 0 Å². The minimum Gasteiger partial charge on any atom is -0.494 e. The topological polar surface area (TPSA) is 101 Å². The molecule has 1 aromatic heterocycles. The number of likely N-dealkylation sites (N-methyl/N-ethyl adjacent to an activating group) is 1. The van der Waals surface area contributed by atoms with Crippen molar-refractivity contribution in [1.82, 2.24) is 15.2 Å². The zero-order chi connectivity index (χ0) is 22.0. The fourth-order valence-electron chi connectivity index (χ4n) is 3.70. The number of fused-ring (bicyclic) bond motifs is 1. The molecule has 1 amide bonds. The van der Waals surface area contributed by atoms with Gasteiger partial charge in [0.2, 0.25) is 5.88 Å². The molecule has 0 aliphatic carbocycles. The summed E-state index contributed by atoms with van der Waals surface area (Å²) in [4.78, 5) is 35.8. The molecule has 1 aliphatic heterocycles. The number of nitrogens with zero attached hydrogens (tertiary/aromatic N) is 3. The Hall–Kier alpha value is -3.65. The van der Waals surface area contributed by atoms with Crippen LogP contribution in [0.15, 0.2) is 52.3 Å². The Kier molecular flexibility index (Phi) is 5.73. The summed E-state index contributed by atoms with van der Waals surface area (Å²) in [5, 5.41) is 13.7. The van der Waals surface area contributed by atoms with Crippen molar-refractivity contribution in [1.29, 1.82) is 0 Å². The molecule has 1 aliphatic rings. The van der Waals surface area contributed by atoms with Gasteiger partial charge in [-0.05, 0) is 49.5 Å². The van der Waals surface area contributed by atoms with Crippen molar-refractivity contribution in [3.05, 3.63) is 63.9 Å². The van der Waals surface area contributed by atoms with Crippen LogP contribution in [-0.2, 0) is 0 Å². The van der Waals surface area contributed by atoms with Gasteiger partial charge in [-0.15, -0.1) is 0 Å². The Labute approximate surface area is 179 Å². The van der Waals surface area contributed by atoms with Crippen LogP contribution in [0.25, 0.3) is 10.8 Å². The van der Waals surface area contributed by atoms with Gasteiger partial charge >= 0.3 is 0 Å². The van der Waals surface area contributed by atoms with Crippen LogP contribution in [0.5, 0.6) is 5.88 Å². The summed E-state index contributed by atoms with van der Waals surface area (Å²) >= 11 is 0. The van der Waals surface area contributed by atoms with Crippen molar-refractivity contribution < 1.29 is 9.90 Å². The van der Waals surface area contributed by atoms with Crippen LogP contribution in [0.4, 0.5) is 11.4 Å². The fraction of sp³-hybridized carbons (Fsp3) is 0.261. The average Bonchev–Trinajstić information content (AvgIpc) is 2.79. The number of H-pyrrole nitrogens is 1. The summed E-state index contributed by atoms with van der Waals surface area (Å²) < 4.78 is 0. The highest BCUT2D eigenvalue weighted by Crippen LogP contribution is 2.25. The molecular weight excluding hydrogens is 394 g/mol. The number of aromatic amines is 1. The second-order valence-electron chi connectivity index (χ2n) is 7.62. The number of carbonyl (C=O) groups is 1. The number of amides is 1. The number of aliphatic imine (C=N–C) groups is 1. The molecule has 3 N–H and O–H groups in total. The predicted octanol–water partition coefficient (Wildman–Crippen LogP) is 2.10. The molecule has 0 radical (unpaired) electrons. The van der Waals surface area contributed by atoms with Crippen molar-refractivity contribution in [3.8, 4) is 5.88 Å². The average molecular weight is 419 g/mol. The van der Waals surface area contributed by atoms with Gasteiger partial charge in [-0.2, -0.15) is 0 Å². The quantitative estimate of drug-likeness (QED) is 0.562. The van der Waals surface area contributed by atoms with Crippen molar-refractivity contribution in [2.24, 2.45) is 4.99 Å². The van der Waals surface area contributed by atoms with Crippen molar-refractivity contribution in [2.75, 3.05) is 45.2 Å². The summed E-state index contributed by atoms with van der Waals surface area (Å²) in [6, 6.07) is 12.6. The molecule has 3 aromatic rings. The molecular formula is C23H25N5O3. The van der Waals surface area contributed by atoms with E-state index in [-0.39, 0.29) is 11.8 Å². The lowest BCUT2D eigenvalue weighted by Crippen LogP contribution is -2.44. The highest BCUT2D eigenvalue weighted by atomic mass is 16.3. The molecule has 160 valence electrons. The number of pyridine rings is 1. The molecule has 4 rings (SSSR count). The Morgan fingerprint density at radius 1 is 1.10 bits per heavy atom. The second kappa shape index (κ2) is 8.61. The van der Waals surface area contributed by atoms with E-state index in [0.717, 1.165) is 37.6 Å². The molecule has 0 bridgehead atoms. The van der Waals surface area contributed by atoms with Crippen LogP contribution in [0.2, 0.25) is 0 Å². The number of rotatable bonds is 4. The number of hydrogen-bond donors (Lipinski definition) is 3. The van der Waals surface area contributed by atoms with Gasteiger partial charge in [-0.1, -0.05) is 0 Å². The molecule has 1 fully saturated rings. The second-order valence-corrected chi connectivity index (χ2v) is 7.62. The smallest absolute Gasteiger partial charge is 0.258 e. The van der Waals surface area contributed by atoms with Gasteiger partial charge in [0, 0.05) is 61.5 Å². The van der Waals surface area contributed by atoms with Crippen LogP contribution in [-0.4, -0.2) is 67.4 Å². The van der Waals surface area contributed by atoms with E-state index in [1.54, 1.807) is 18.2 Å². The van der Waals surface area contributed by atoms with Gasteiger partial charge in [0.1, 0.15) is 0 Å². The number of hydrogen-bond acceptors (Lipinski definition) is 6. The third kappa shape index (κ3) is 4.29. The number of aromatic nitrogens is 1. The number of carbonyl (C=O) groups excluding carboxylic acids is 1. The van der Waals surface area contributed by atoms with Gasteiger partial charge in [0.25, 0.3) is 11.5 Å². The van der Waals surface area contributed by atoms with E-state index in [2.05, 4.69) is 32.1 Å². The van der Waals surface area contributed by atoms with Gasteiger partial charge in [0.05, 0.1) is 11.3 Å². The maximum atomic E-state index is 12.2. The van der Waals surface area contributed by atoms with Crippen LogP contribution in [0.1, 0.15) is 15.9 Å². The first-order chi connectivity index (χ1) is 15.0. The van der Waals surface area contributed by atoms with Crippen molar-refractivity contribution >= 4 is 34.3 Å². The molecule has 2 aromatic carbocycles. The van der Waals surface area contributed by atoms with Gasteiger partial charge < -0.3 is 20.2 Å². The van der Waals surface area contributed by atoms with E-state index < -0.39 is 5.56 Å². The minimum atomic E-state index is -0.426. The summed E-state index contributed by atoms with van der Waals surface area (Å²) in [5.74, 6) is -0.562.